The molecule has 1 N–H and O–H groups in total. The van der Waals surface area contributed by atoms with Crippen molar-refractivity contribution in [1.82, 2.24) is 4.98 Å². The van der Waals surface area contributed by atoms with Crippen LogP contribution in [0.15, 0.2) is 48.8 Å². The number of ether oxygens (including phenoxy) is 1. The maximum atomic E-state index is 11.5. The van der Waals surface area contributed by atoms with E-state index in [4.69, 9.17) is 4.74 Å². The predicted molar refractivity (Wildman–Crippen MR) is 69.2 cm³/mol. The van der Waals surface area contributed by atoms with Crippen LogP contribution in [-0.2, 0) is 11.3 Å². The Morgan fingerprint density at radius 3 is 2.50 bits per heavy atom. The van der Waals surface area contributed by atoms with Crippen molar-refractivity contribution in [2.75, 3.05) is 5.32 Å². The third-order valence-corrected chi connectivity index (χ3v) is 2.42. The van der Waals surface area contributed by atoms with Crippen LogP contribution < -0.4 is 5.32 Å². The van der Waals surface area contributed by atoms with Crippen molar-refractivity contribution in [3.8, 4) is 0 Å². The lowest BCUT2D eigenvalue weighted by Gasteiger charge is -2.07. The molecule has 0 atom stereocenters. The molecule has 0 unspecified atom stereocenters. The number of hydrogen-bond donors (Lipinski definition) is 1. The van der Waals surface area contributed by atoms with E-state index in [1.807, 2.05) is 31.2 Å². The zero-order valence-corrected chi connectivity index (χ0v) is 10.1. The van der Waals surface area contributed by atoms with Gasteiger partial charge in [-0.1, -0.05) is 17.7 Å². The van der Waals surface area contributed by atoms with Crippen molar-refractivity contribution in [3.63, 3.8) is 0 Å². The van der Waals surface area contributed by atoms with E-state index in [1.54, 1.807) is 24.5 Å². The Hall–Kier alpha value is -2.36. The van der Waals surface area contributed by atoms with Gasteiger partial charge < -0.3 is 4.74 Å². The van der Waals surface area contributed by atoms with E-state index in [9.17, 15) is 4.79 Å². The Labute approximate surface area is 106 Å². The fourth-order valence-electron chi connectivity index (χ4n) is 1.42. The standard InChI is InChI=1S/C14H14N2O2/c1-11-2-4-13(5-3-11)16-14(17)18-10-12-6-8-15-9-7-12/h2-9H,10H2,1H3,(H,16,17). The van der Waals surface area contributed by atoms with Gasteiger partial charge in [-0.25, -0.2) is 4.79 Å². The number of aromatic nitrogens is 1. The number of hydrogen-bond acceptors (Lipinski definition) is 3. The zero-order chi connectivity index (χ0) is 12.8. The number of carbonyl (C=O) groups is 1. The molecule has 18 heavy (non-hydrogen) atoms. The summed E-state index contributed by atoms with van der Waals surface area (Å²) in [4.78, 5) is 15.4. The average Bonchev–Trinajstić information content (AvgIpc) is 2.40. The molecule has 0 spiro atoms. The zero-order valence-electron chi connectivity index (χ0n) is 10.1. The highest BCUT2D eigenvalue weighted by Gasteiger charge is 2.03. The molecule has 4 nitrogen and oxygen atoms in total. The van der Waals surface area contributed by atoms with Gasteiger partial charge in [0.2, 0.25) is 0 Å². The Kier molecular flexibility index (Phi) is 3.91. The maximum Gasteiger partial charge on any atom is 0.411 e. The first-order valence-electron chi connectivity index (χ1n) is 5.63. The van der Waals surface area contributed by atoms with Crippen molar-refractivity contribution < 1.29 is 9.53 Å². The number of nitrogens with one attached hydrogen (secondary N) is 1. The monoisotopic (exact) mass is 242 g/mol. The van der Waals surface area contributed by atoms with E-state index in [0.29, 0.717) is 0 Å². The van der Waals surface area contributed by atoms with Crippen molar-refractivity contribution in [1.29, 1.82) is 0 Å². The van der Waals surface area contributed by atoms with E-state index in [1.165, 1.54) is 0 Å². The van der Waals surface area contributed by atoms with Crippen LogP contribution >= 0.6 is 0 Å². The van der Waals surface area contributed by atoms with E-state index in [2.05, 4.69) is 10.3 Å². The molecule has 0 radical (unpaired) electrons. The molecule has 1 aromatic carbocycles. The number of carbonyl (C=O) groups excluding carboxylic acids is 1. The molecule has 0 saturated carbocycles. The Morgan fingerprint density at radius 1 is 1.17 bits per heavy atom. The summed E-state index contributed by atoms with van der Waals surface area (Å²) in [7, 11) is 0. The van der Waals surface area contributed by atoms with Crippen LogP contribution in [0.4, 0.5) is 10.5 Å². The van der Waals surface area contributed by atoms with Crippen molar-refractivity contribution >= 4 is 11.8 Å². The number of aryl methyl sites for hydroxylation is 1. The summed E-state index contributed by atoms with van der Waals surface area (Å²) < 4.78 is 5.08. The van der Waals surface area contributed by atoms with Crippen LogP contribution in [0.1, 0.15) is 11.1 Å². The second-order valence-corrected chi connectivity index (χ2v) is 3.92. The first-order chi connectivity index (χ1) is 8.74. The smallest absolute Gasteiger partial charge is 0.411 e. The Bertz CT molecular complexity index is 509. The van der Waals surface area contributed by atoms with Gasteiger partial charge in [0.15, 0.2) is 0 Å². The summed E-state index contributed by atoms with van der Waals surface area (Å²) in [6.07, 6.45) is 2.86. The van der Waals surface area contributed by atoms with Crippen molar-refractivity contribution in [3.05, 3.63) is 59.9 Å². The van der Waals surface area contributed by atoms with E-state index in [-0.39, 0.29) is 6.61 Å². The summed E-state index contributed by atoms with van der Waals surface area (Å²) in [5.41, 5.74) is 2.77. The minimum Gasteiger partial charge on any atom is -0.444 e. The van der Waals surface area contributed by atoms with Crippen molar-refractivity contribution in [2.24, 2.45) is 0 Å². The highest BCUT2D eigenvalue weighted by atomic mass is 16.5. The summed E-state index contributed by atoms with van der Waals surface area (Å²) in [6.45, 7) is 2.23. The fraction of sp³-hybridized carbons (Fsp3) is 0.143. The molecule has 0 bridgehead atoms. The SMILES string of the molecule is Cc1ccc(NC(=O)OCc2ccncc2)cc1. The molecule has 2 rings (SSSR count). The molecular formula is C14H14N2O2. The minimum atomic E-state index is -0.462. The third-order valence-electron chi connectivity index (χ3n) is 2.42. The van der Waals surface area contributed by atoms with Crippen LogP contribution in [0.3, 0.4) is 0 Å². The number of amides is 1. The van der Waals surface area contributed by atoms with Gasteiger partial charge >= 0.3 is 6.09 Å². The molecule has 4 heteroatoms. The van der Waals surface area contributed by atoms with E-state index >= 15 is 0 Å². The Balaban J connectivity index is 1.84. The molecule has 1 amide bonds. The van der Waals surface area contributed by atoms with Crippen LogP contribution in [0, 0.1) is 6.92 Å². The molecule has 0 aliphatic rings. The van der Waals surface area contributed by atoms with Crippen LogP contribution in [-0.4, -0.2) is 11.1 Å². The van der Waals surface area contributed by atoms with Crippen LogP contribution in [0.2, 0.25) is 0 Å². The molecule has 0 saturated heterocycles. The second-order valence-electron chi connectivity index (χ2n) is 3.92. The molecule has 0 fully saturated rings. The summed E-state index contributed by atoms with van der Waals surface area (Å²) in [5, 5.41) is 2.66. The number of nitrogens with zero attached hydrogens (tertiary/aromatic N) is 1. The van der Waals surface area contributed by atoms with Gasteiger partial charge in [-0.05, 0) is 36.8 Å². The van der Waals surface area contributed by atoms with Gasteiger partial charge in [0.25, 0.3) is 0 Å². The highest BCUT2D eigenvalue weighted by molar-refractivity contribution is 5.84. The van der Waals surface area contributed by atoms with E-state index < -0.39 is 6.09 Å². The highest BCUT2D eigenvalue weighted by Crippen LogP contribution is 2.09. The Morgan fingerprint density at radius 2 is 1.83 bits per heavy atom. The summed E-state index contributed by atoms with van der Waals surface area (Å²) in [6, 6.07) is 11.1. The minimum absolute atomic E-state index is 0.236. The number of rotatable bonds is 3. The molecule has 1 aromatic heterocycles. The topological polar surface area (TPSA) is 51.2 Å². The largest absolute Gasteiger partial charge is 0.444 e. The summed E-state index contributed by atoms with van der Waals surface area (Å²) in [5.74, 6) is 0. The van der Waals surface area contributed by atoms with Crippen LogP contribution in [0.5, 0.6) is 0 Å². The summed E-state index contributed by atoms with van der Waals surface area (Å²) >= 11 is 0. The number of benzene rings is 1. The molecule has 1 heterocycles. The molecular weight excluding hydrogens is 228 g/mol. The van der Waals surface area contributed by atoms with Gasteiger partial charge in [-0.3, -0.25) is 10.3 Å². The maximum absolute atomic E-state index is 11.5. The molecule has 0 aliphatic heterocycles. The second kappa shape index (κ2) is 5.82. The fourth-order valence-corrected chi connectivity index (χ4v) is 1.42. The predicted octanol–water partition coefficient (Wildman–Crippen LogP) is 3.14. The van der Waals surface area contributed by atoms with Gasteiger partial charge in [-0.15, -0.1) is 0 Å². The van der Waals surface area contributed by atoms with Gasteiger partial charge in [0.1, 0.15) is 6.61 Å². The van der Waals surface area contributed by atoms with Gasteiger partial charge in [0, 0.05) is 18.1 Å². The lowest BCUT2D eigenvalue weighted by molar-refractivity contribution is 0.155. The van der Waals surface area contributed by atoms with E-state index in [0.717, 1.165) is 16.8 Å². The van der Waals surface area contributed by atoms with Crippen molar-refractivity contribution in [2.45, 2.75) is 13.5 Å². The normalized spacial score (nSPS) is 9.83. The average molecular weight is 242 g/mol. The molecule has 92 valence electrons. The molecule has 2 aromatic rings. The number of pyridine rings is 1. The third kappa shape index (κ3) is 3.59. The lowest BCUT2D eigenvalue weighted by atomic mass is 10.2. The quantitative estimate of drug-likeness (QED) is 0.899. The first-order valence-corrected chi connectivity index (χ1v) is 5.63. The first kappa shape index (κ1) is 12.1. The van der Waals surface area contributed by atoms with Gasteiger partial charge in [-0.2, -0.15) is 0 Å². The lowest BCUT2D eigenvalue weighted by Crippen LogP contribution is -2.13. The van der Waals surface area contributed by atoms with Crippen LogP contribution in [0.25, 0.3) is 0 Å². The number of anilines is 1. The molecule has 0 aliphatic carbocycles. The van der Waals surface area contributed by atoms with Gasteiger partial charge in [0.05, 0.1) is 0 Å².